The van der Waals surface area contributed by atoms with E-state index in [4.69, 9.17) is 61.3 Å². The van der Waals surface area contributed by atoms with Crippen LogP contribution in [0.25, 0.3) is 0 Å². The first-order chi connectivity index (χ1) is 49.2. The van der Waals surface area contributed by atoms with Crippen LogP contribution < -0.4 is 0 Å². The molecule has 0 atom stereocenters. The predicted molar refractivity (Wildman–Crippen MR) is 454 cm³/mol. The molecule has 0 unspecified atom stereocenters. The van der Waals surface area contributed by atoms with Crippen LogP contribution in [0.4, 0.5) is 0 Å². The van der Waals surface area contributed by atoms with Crippen molar-refractivity contribution in [3.8, 4) is 0 Å². The fourth-order valence-corrected chi connectivity index (χ4v) is 29.1. The van der Waals surface area contributed by atoms with Crippen molar-refractivity contribution in [1.82, 2.24) is 0 Å². The van der Waals surface area contributed by atoms with Gasteiger partial charge in [-0.25, -0.2) is 0 Å². The molecule has 6 rings (SSSR count). The smallest absolute Gasteiger partial charge is 0.0542 e. The van der Waals surface area contributed by atoms with E-state index in [1.165, 1.54) is 154 Å². The topological polar surface area (TPSA) is 243 Å². The monoisotopic (exact) mass is 1820 g/mol. The Labute approximate surface area is 675 Å². The summed E-state index contributed by atoms with van der Waals surface area (Å²) in [6, 6.07) is 0. The van der Waals surface area contributed by atoms with Gasteiger partial charge in [0.2, 0.25) is 0 Å². The van der Waals surface area contributed by atoms with Crippen LogP contribution in [0.5, 0.6) is 0 Å². The third-order valence-corrected chi connectivity index (χ3v) is 36.3. The maximum absolute atomic E-state index is 8.92. The molecule has 0 heterocycles. The molecule has 0 aromatic heterocycles. The Morgan fingerprint density at radius 3 is 0.245 bits per heavy atom. The van der Waals surface area contributed by atoms with Crippen molar-refractivity contribution in [2.45, 2.75) is 528 Å². The molecule has 0 aliphatic heterocycles. The normalized spacial score (nSPS) is 24.0. The minimum absolute atomic E-state index is 0.140. The van der Waals surface area contributed by atoms with Crippen molar-refractivity contribution >= 4 is 92.6 Å². The van der Waals surface area contributed by atoms with Gasteiger partial charge in [-0.2, -0.15) is 0 Å². The third-order valence-electron chi connectivity index (χ3n) is 18.5. The molecule has 6 aliphatic rings. The summed E-state index contributed by atoms with van der Waals surface area (Å²) < 4.78 is 0. The van der Waals surface area contributed by atoms with Gasteiger partial charge in [-0.3, -0.25) is 0 Å². The summed E-state index contributed by atoms with van der Waals surface area (Å²) in [6.45, 7) is 27.4. The van der Waals surface area contributed by atoms with E-state index in [2.05, 4.69) is 83.1 Å². The summed E-state index contributed by atoms with van der Waals surface area (Å²) in [5.74, 6) is 0. The van der Waals surface area contributed by atoms with E-state index < -0.39 is 0 Å². The van der Waals surface area contributed by atoms with E-state index in [0.717, 1.165) is 154 Å². The molecule has 12 radical (unpaired) electrons. The van der Waals surface area contributed by atoms with Crippen molar-refractivity contribution < 1.29 is 61.3 Å². The van der Waals surface area contributed by atoms with Gasteiger partial charge in [-0.1, -0.05) is 0 Å². The Morgan fingerprint density at radius 2 is 0.196 bits per heavy atom. The zero-order chi connectivity index (χ0) is 77.6. The van der Waals surface area contributed by atoms with Crippen molar-refractivity contribution in [2.24, 2.45) is 0 Å². The van der Waals surface area contributed by atoms with Crippen molar-refractivity contribution in [1.29, 1.82) is 0 Å². The quantitative estimate of drug-likeness (QED) is 0.0207. The fraction of sp³-hybridized carbons (Fsp3) is 1.00. The van der Waals surface area contributed by atoms with Gasteiger partial charge in [0, 0.05) is 0 Å². The average molecular weight is 1820 g/mol. The number of hydrogen-bond donors (Lipinski definition) is 12. The second kappa shape index (κ2) is 99.9. The zero-order valence-electron chi connectivity index (χ0n) is 69.7. The summed E-state index contributed by atoms with van der Waals surface area (Å²) >= 11 is 2.98. The number of aliphatic hydroxyl groups is 12. The summed E-state index contributed by atoms with van der Waals surface area (Å²) in [6.07, 6.45) is 51.7. The molecule has 6 aliphatic carbocycles. The van der Waals surface area contributed by atoms with E-state index in [1.807, 2.05) is 0 Å². The van der Waals surface area contributed by atoms with Gasteiger partial charge in [0.25, 0.3) is 0 Å². The summed E-state index contributed by atoms with van der Waals surface area (Å²) in [7, 11) is 0. The molecule has 12 N–H and O–H groups in total. The second-order valence-electron chi connectivity index (χ2n) is 29.5. The first kappa shape index (κ1) is 116. The Balaban J connectivity index is -0.000000246. The van der Waals surface area contributed by atoms with Crippen molar-refractivity contribution in [2.75, 3.05) is 0 Å². The molecule has 0 spiro atoms. The largest absolute Gasteiger partial charge is 0.393 e. The molecule has 18 heteroatoms. The van der Waals surface area contributed by atoms with Gasteiger partial charge >= 0.3 is 393 Å². The van der Waals surface area contributed by atoms with Gasteiger partial charge in [-0.15, -0.1) is 0 Å². The van der Waals surface area contributed by atoms with Crippen LogP contribution in [-0.4, -0.2) is 227 Å². The molecule has 0 aromatic rings. The van der Waals surface area contributed by atoms with Crippen LogP contribution in [0.15, 0.2) is 0 Å². The summed E-state index contributed by atoms with van der Waals surface area (Å²) in [5.41, 5.74) is 0. The third kappa shape index (κ3) is 109. The molecule has 0 amide bonds. The Bertz CT molecular complexity index is 1040. The Kier molecular flexibility index (Phi) is 113. The molecule has 0 saturated heterocycles. The standard InChI is InChI=1S/6C8H18Ge.6C6H12O2/c6*1-3-5-7-9-8-6-4-2;6*7-5-1-2-6(8)4-3-5/h6*3-8H2,1-2H3;6*5-8H,1-4H2. The molecular weight excluding hydrogens is 1640 g/mol. The van der Waals surface area contributed by atoms with E-state index in [9.17, 15) is 0 Å². The maximum Gasteiger partial charge on any atom is 0.0542 e. The molecule has 12 nitrogen and oxygen atoms in total. The molecule has 0 aromatic carbocycles. The molecule has 612 valence electrons. The van der Waals surface area contributed by atoms with Gasteiger partial charge in [0.1, 0.15) is 0 Å². The van der Waals surface area contributed by atoms with Crippen LogP contribution in [0.1, 0.15) is 391 Å². The number of unbranched alkanes of at least 4 members (excludes halogenated alkanes) is 12. The number of hydrogen-bond acceptors (Lipinski definition) is 12. The molecule has 6 fully saturated rings. The van der Waals surface area contributed by atoms with E-state index in [1.54, 1.807) is 63.0 Å². The van der Waals surface area contributed by atoms with Crippen LogP contribution >= 0.6 is 0 Å². The van der Waals surface area contributed by atoms with E-state index in [-0.39, 0.29) is 73.2 Å². The second-order valence-corrected chi connectivity index (χ2v) is 48.4. The Hall–Kier alpha value is 2.78. The summed E-state index contributed by atoms with van der Waals surface area (Å²) in [5, 5.41) is 126. The zero-order valence-corrected chi connectivity index (χ0v) is 82.3. The van der Waals surface area contributed by atoms with Gasteiger partial charge < -0.3 is 61.3 Å². The molecule has 102 heavy (non-hydrogen) atoms. The van der Waals surface area contributed by atoms with Gasteiger partial charge in [0.15, 0.2) is 0 Å². The molecular formula is C84H180Ge6O12. The SMILES string of the molecule is CCC[CH2][Ge][CH2]CCC.CCC[CH2][Ge][CH2]CCC.CCC[CH2][Ge][CH2]CCC.CCC[CH2][Ge][CH2]CCC.CCC[CH2][Ge][CH2]CCC.CCC[CH2][Ge][CH2]CCC.OC1CCC(O)CC1.OC1CCC(O)CC1.OC1CCC(O)CC1.OC1CCC(O)CC1.OC1CCC(O)CC1.OC1CCC(O)CC1. The van der Waals surface area contributed by atoms with E-state index in [0.29, 0.717) is 92.6 Å². The predicted octanol–water partition coefficient (Wildman–Crippen LogP) is 20.5. The van der Waals surface area contributed by atoms with Crippen LogP contribution in [0, 0.1) is 0 Å². The Morgan fingerprint density at radius 1 is 0.137 bits per heavy atom. The molecule has 6 saturated carbocycles. The minimum Gasteiger partial charge on any atom is -0.393 e. The number of aliphatic hydroxyl groups excluding tert-OH is 12. The van der Waals surface area contributed by atoms with Crippen molar-refractivity contribution in [3.05, 3.63) is 0 Å². The van der Waals surface area contributed by atoms with Gasteiger partial charge in [-0.05, 0) is 154 Å². The van der Waals surface area contributed by atoms with Crippen LogP contribution in [0.3, 0.4) is 0 Å². The molecule has 0 bridgehead atoms. The average Bonchev–Trinajstić information content (AvgIpc) is 1.13. The maximum atomic E-state index is 8.92. The fourth-order valence-electron chi connectivity index (χ4n) is 10.7. The van der Waals surface area contributed by atoms with E-state index >= 15 is 0 Å². The van der Waals surface area contributed by atoms with Crippen LogP contribution in [-0.2, 0) is 0 Å². The summed E-state index contributed by atoms with van der Waals surface area (Å²) in [4.78, 5) is 0. The number of rotatable bonds is 36. The van der Waals surface area contributed by atoms with Gasteiger partial charge in [0.05, 0.1) is 73.2 Å². The first-order valence-electron chi connectivity index (χ1n) is 43.6. The minimum atomic E-state index is -0.140. The van der Waals surface area contributed by atoms with Crippen LogP contribution in [0.2, 0.25) is 63.0 Å². The van der Waals surface area contributed by atoms with Crippen molar-refractivity contribution in [3.63, 3.8) is 0 Å². The first-order valence-corrected chi connectivity index (χ1v) is 61.4.